The van der Waals surface area contributed by atoms with Crippen LogP contribution in [-0.4, -0.2) is 58.1 Å². The summed E-state index contributed by atoms with van der Waals surface area (Å²) in [7, 11) is 0. The fourth-order valence-electron chi connectivity index (χ4n) is 5.01. The Morgan fingerprint density at radius 2 is 1.59 bits per heavy atom. The molecule has 0 saturated carbocycles. The molecule has 1 heterocycles. The summed E-state index contributed by atoms with van der Waals surface area (Å²) in [6, 6.07) is 14.8. The molecule has 0 unspecified atom stereocenters. The molecule has 3 rings (SSSR count). The van der Waals surface area contributed by atoms with E-state index in [-0.39, 0.29) is 37.6 Å². The van der Waals surface area contributed by atoms with Crippen molar-refractivity contribution in [1.82, 2.24) is 25.9 Å². The van der Waals surface area contributed by atoms with Crippen LogP contribution in [0.3, 0.4) is 0 Å². The standard InChI is InChI=1S/C35H45N5O6/c1-4-29(42)16-15-27(21-41)30(17-24(2)3)38-34(44)32(19-28-20-36-23-37-28)39-33(43)31(18-25-11-7-5-8-12-25)40-35(45)46-22-26-13-9-6-10-14-26/h5-14,20-21,23-24,27,30-32H,4,15-19,22H2,1-3H3,(H,36,37)(H,38,44)(H,39,43)(H,40,45)/t27-,30+,31+,32+/m1/s1/i/hD. The second-order valence-electron chi connectivity index (χ2n) is 11.7. The Balaban J connectivity index is 1.84. The molecule has 11 heteroatoms. The predicted octanol–water partition coefficient (Wildman–Crippen LogP) is 4.08. The minimum Gasteiger partial charge on any atom is -0.445 e. The normalized spacial score (nSPS) is 13.9. The van der Waals surface area contributed by atoms with Crippen LogP contribution in [0.5, 0.6) is 0 Å². The molecule has 1 aromatic heterocycles. The van der Waals surface area contributed by atoms with Gasteiger partial charge in [0.05, 0.1) is 6.33 Å². The van der Waals surface area contributed by atoms with E-state index >= 15 is 0 Å². The Bertz CT molecular complexity index is 1420. The Morgan fingerprint density at radius 3 is 2.17 bits per heavy atom. The Labute approximate surface area is 271 Å². The zero-order valence-corrected chi connectivity index (χ0v) is 26.7. The van der Waals surface area contributed by atoms with Crippen molar-refractivity contribution < 1.29 is 30.1 Å². The number of Topliss-reactive ketones (excluding diaryl/α,β-unsaturated/α-hetero) is 1. The summed E-state index contributed by atoms with van der Waals surface area (Å²) in [4.78, 5) is 71.9. The zero-order valence-electron chi connectivity index (χ0n) is 27.7. The van der Waals surface area contributed by atoms with Gasteiger partial charge >= 0.3 is 6.09 Å². The quantitative estimate of drug-likeness (QED) is 0.145. The van der Waals surface area contributed by atoms with Crippen molar-refractivity contribution in [2.75, 3.05) is 0 Å². The van der Waals surface area contributed by atoms with E-state index in [9.17, 15) is 24.0 Å². The molecule has 0 aliphatic carbocycles. The number of nitrogens with one attached hydrogen (secondary N) is 4. The van der Waals surface area contributed by atoms with Gasteiger partial charge in [-0.25, -0.2) is 9.78 Å². The molecule has 3 amide bonds. The van der Waals surface area contributed by atoms with E-state index in [1.807, 2.05) is 26.0 Å². The van der Waals surface area contributed by atoms with E-state index in [4.69, 9.17) is 6.15 Å². The number of H-pyrrole nitrogens is 1. The summed E-state index contributed by atoms with van der Waals surface area (Å²) in [5, 5.41) is 6.20. The second kappa shape index (κ2) is 18.9. The first-order chi connectivity index (χ1) is 22.6. The van der Waals surface area contributed by atoms with E-state index in [2.05, 4.69) is 20.6 Å². The summed E-state index contributed by atoms with van der Waals surface area (Å²) in [6.45, 7) is 5.62. The third-order valence-corrected chi connectivity index (χ3v) is 7.55. The Kier molecular flexibility index (Phi) is 14.0. The number of ether oxygens (including phenoxy) is 1. The number of aromatic nitrogens is 2. The van der Waals surface area contributed by atoms with E-state index in [1.54, 1.807) is 55.5 Å². The van der Waals surface area contributed by atoms with Gasteiger partial charge in [-0.3, -0.25) is 14.4 Å². The number of rotatable bonds is 19. The summed E-state index contributed by atoms with van der Waals surface area (Å²) in [6.07, 6.45) is 4.11. The highest BCUT2D eigenvalue weighted by molar-refractivity contribution is 5.92. The molecule has 2 aromatic carbocycles. The van der Waals surface area contributed by atoms with Gasteiger partial charge in [0.2, 0.25) is 11.8 Å². The average molecular weight is 633 g/mol. The second-order valence-corrected chi connectivity index (χ2v) is 11.7. The fourth-order valence-corrected chi connectivity index (χ4v) is 5.01. The van der Waals surface area contributed by atoms with Crippen molar-refractivity contribution >= 4 is 30.0 Å². The molecule has 0 radical (unpaired) electrons. The average Bonchev–Trinajstić information content (AvgIpc) is 3.59. The molecule has 246 valence electrons. The number of imidazole rings is 1. The predicted molar refractivity (Wildman–Crippen MR) is 173 cm³/mol. The smallest absolute Gasteiger partial charge is 0.408 e. The molecule has 4 atom stereocenters. The van der Waals surface area contributed by atoms with Gasteiger partial charge in [-0.1, -0.05) is 81.4 Å². The first kappa shape index (κ1) is 34.1. The van der Waals surface area contributed by atoms with Crippen molar-refractivity contribution in [3.63, 3.8) is 0 Å². The molecular weight excluding hydrogens is 586 g/mol. The topological polar surface area (TPSA) is 159 Å². The maximum atomic E-state index is 13.9. The number of ketones is 1. The molecule has 0 aliphatic rings. The third kappa shape index (κ3) is 12.3. The number of hydrogen-bond acceptors (Lipinski definition) is 7. The minimum atomic E-state index is -1.34. The van der Waals surface area contributed by atoms with Gasteiger partial charge in [0.25, 0.3) is 0 Å². The maximum absolute atomic E-state index is 13.9. The van der Waals surface area contributed by atoms with Crippen molar-refractivity contribution in [2.24, 2.45) is 11.8 Å². The first-order valence-corrected chi connectivity index (χ1v) is 15.7. The molecule has 4 N–H and O–H groups in total. The van der Waals surface area contributed by atoms with Gasteiger partial charge in [-0.05, 0) is 29.9 Å². The highest BCUT2D eigenvalue weighted by atomic mass is 16.5. The van der Waals surface area contributed by atoms with Gasteiger partial charge in [0, 0.05) is 49.5 Å². The lowest BCUT2D eigenvalue weighted by atomic mass is 9.88. The molecule has 0 aliphatic heterocycles. The number of carbonyl (C=O) groups is 5. The van der Waals surface area contributed by atoms with Crippen molar-refractivity contribution in [1.29, 1.82) is 0 Å². The summed E-state index contributed by atoms with van der Waals surface area (Å²) in [5.41, 5.74) is 1.98. The summed E-state index contributed by atoms with van der Waals surface area (Å²) >= 11 is 0. The van der Waals surface area contributed by atoms with E-state index in [1.165, 1.54) is 12.5 Å². The van der Waals surface area contributed by atoms with Crippen LogP contribution in [0.25, 0.3) is 0 Å². The van der Waals surface area contributed by atoms with Gasteiger partial charge in [-0.15, -0.1) is 0 Å². The van der Waals surface area contributed by atoms with E-state index in [0.29, 0.717) is 35.8 Å². The van der Waals surface area contributed by atoms with Gasteiger partial charge in [-0.2, -0.15) is 0 Å². The van der Waals surface area contributed by atoms with Crippen LogP contribution < -0.4 is 15.9 Å². The van der Waals surface area contributed by atoms with Crippen molar-refractivity contribution in [3.8, 4) is 0 Å². The monoisotopic (exact) mass is 632 g/mol. The van der Waals surface area contributed by atoms with Crippen LogP contribution in [0.15, 0.2) is 73.2 Å². The lowest BCUT2D eigenvalue weighted by molar-refractivity contribution is -0.131. The van der Waals surface area contributed by atoms with Gasteiger partial charge in [0.1, 0.15) is 30.8 Å². The molecule has 3 aromatic rings. The molecule has 0 fully saturated rings. The number of aldehydes is 1. The SMILES string of the molecule is [2H]N(C(=O)OCc1ccccc1)[C@@H](Cc1ccccc1)C(=O)N[C@@H](Cc1cnc[nH]1)C(=O)N[C@@H](CC(C)C)[C@@H](C=O)CCC(=O)CC. The van der Waals surface area contributed by atoms with Crippen LogP contribution in [0.1, 0.15) is 63.3 Å². The number of hydrogen-bond donors (Lipinski definition) is 4. The number of aromatic amines is 1. The van der Waals surface area contributed by atoms with Gasteiger partial charge in [0.15, 0.2) is 1.41 Å². The van der Waals surface area contributed by atoms with Crippen molar-refractivity contribution in [2.45, 2.75) is 84.0 Å². The lowest BCUT2D eigenvalue weighted by Gasteiger charge is -2.29. The lowest BCUT2D eigenvalue weighted by Crippen LogP contribution is -2.57. The highest BCUT2D eigenvalue weighted by Crippen LogP contribution is 2.18. The van der Waals surface area contributed by atoms with Crippen LogP contribution in [0, 0.1) is 11.8 Å². The number of alkyl carbamates (subject to hydrolysis) is 1. The van der Waals surface area contributed by atoms with Crippen LogP contribution in [0.4, 0.5) is 4.79 Å². The maximum Gasteiger partial charge on any atom is 0.408 e. The minimum absolute atomic E-state index is 0.0103. The number of carbonyl (C=O) groups excluding carboxylic acids is 5. The van der Waals surface area contributed by atoms with Crippen LogP contribution >= 0.6 is 0 Å². The molecule has 46 heavy (non-hydrogen) atoms. The summed E-state index contributed by atoms with van der Waals surface area (Å²) in [5.74, 6) is -1.73. The zero-order chi connectivity index (χ0) is 34.2. The van der Waals surface area contributed by atoms with Gasteiger partial charge < -0.3 is 30.5 Å². The Hall–Kier alpha value is -4.80. The fraction of sp³-hybridized carbons (Fsp3) is 0.429. The highest BCUT2D eigenvalue weighted by Gasteiger charge is 2.31. The number of amides is 3. The van der Waals surface area contributed by atoms with E-state index < -0.39 is 42.0 Å². The molecular formula is C35H45N5O6. The van der Waals surface area contributed by atoms with E-state index in [0.717, 1.165) is 11.8 Å². The number of nitrogens with zero attached hydrogens (tertiary/aromatic N) is 1. The summed E-state index contributed by atoms with van der Waals surface area (Å²) < 4.78 is 14.0. The Morgan fingerprint density at radius 1 is 0.935 bits per heavy atom. The molecule has 0 bridgehead atoms. The third-order valence-electron chi connectivity index (χ3n) is 7.55. The van der Waals surface area contributed by atoms with Crippen LogP contribution in [-0.2, 0) is 43.4 Å². The first-order valence-electron chi connectivity index (χ1n) is 16.1. The molecule has 0 saturated heterocycles. The van der Waals surface area contributed by atoms with Crippen LogP contribution in [0.2, 0.25) is 1.41 Å². The molecule has 11 nitrogen and oxygen atoms in total. The molecule has 0 spiro atoms. The van der Waals surface area contributed by atoms with Crippen molar-refractivity contribution in [3.05, 3.63) is 90.0 Å². The number of benzene rings is 2. The largest absolute Gasteiger partial charge is 0.445 e.